The van der Waals surface area contributed by atoms with E-state index < -0.39 is 0 Å². The number of hydrogen-bond acceptors (Lipinski definition) is 3. The van der Waals surface area contributed by atoms with Crippen molar-refractivity contribution in [3.8, 4) is 5.75 Å². The molecule has 1 saturated carbocycles. The second-order valence-corrected chi connectivity index (χ2v) is 5.69. The van der Waals surface area contributed by atoms with Gasteiger partial charge < -0.3 is 14.2 Å². The Hall–Kier alpha value is -0.770. The first kappa shape index (κ1) is 15.6. The van der Waals surface area contributed by atoms with Crippen LogP contribution in [0, 0.1) is 0 Å². The van der Waals surface area contributed by atoms with Gasteiger partial charge in [-0.2, -0.15) is 0 Å². The van der Waals surface area contributed by atoms with E-state index in [0.717, 1.165) is 38.2 Å². The first-order valence-corrected chi connectivity index (χ1v) is 7.68. The fraction of sp³-hybridized carbons (Fsp3) is 0.625. The summed E-state index contributed by atoms with van der Waals surface area (Å²) in [5, 5.41) is 0.0764. The molecule has 0 amide bonds. The number of hydrogen-bond donors (Lipinski definition) is 0. The molecule has 4 heteroatoms. The first-order chi connectivity index (χ1) is 9.74. The third-order valence-electron chi connectivity index (χ3n) is 3.50. The highest BCUT2D eigenvalue weighted by Crippen LogP contribution is 2.33. The van der Waals surface area contributed by atoms with Gasteiger partial charge in [-0.1, -0.05) is 19.1 Å². The third-order valence-corrected chi connectivity index (χ3v) is 3.93. The number of halogens is 1. The van der Waals surface area contributed by atoms with Crippen LogP contribution in [0.25, 0.3) is 0 Å². The monoisotopic (exact) mass is 298 g/mol. The van der Waals surface area contributed by atoms with Crippen LogP contribution in [-0.2, 0) is 15.9 Å². The summed E-state index contributed by atoms with van der Waals surface area (Å²) in [4.78, 5) is 0. The molecule has 112 valence electrons. The van der Waals surface area contributed by atoms with Crippen LogP contribution in [0.3, 0.4) is 0 Å². The standard InChI is InChI=1S/C16H23ClO3/c1-3-9-19-16-14(17)11-15(16)20-13-6-4-12(5-7-13)8-10-18-2/h4-7,14-16H,3,8-11H2,1-2H3. The van der Waals surface area contributed by atoms with Crippen LogP contribution >= 0.6 is 11.6 Å². The smallest absolute Gasteiger partial charge is 0.128 e. The van der Waals surface area contributed by atoms with Gasteiger partial charge in [0.05, 0.1) is 12.0 Å². The molecule has 2 rings (SSSR count). The van der Waals surface area contributed by atoms with Crippen molar-refractivity contribution in [2.75, 3.05) is 20.3 Å². The molecule has 0 aliphatic heterocycles. The summed E-state index contributed by atoms with van der Waals surface area (Å²) in [6.07, 6.45) is 2.87. The number of benzene rings is 1. The van der Waals surface area contributed by atoms with Crippen LogP contribution in [0.1, 0.15) is 25.3 Å². The Bertz CT molecular complexity index is 393. The molecule has 1 aliphatic rings. The van der Waals surface area contributed by atoms with Crippen molar-refractivity contribution in [2.24, 2.45) is 0 Å². The van der Waals surface area contributed by atoms with Gasteiger partial charge in [0, 0.05) is 20.1 Å². The van der Waals surface area contributed by atoms with Gasteiger partial charge in [0.15, 0.2) is 0 Å². The molecule has 3 atom stereocenters. The maximum Gasteiger partial charge on any atom is 0.128 e. The average Bonchev–Trinajstić information content (AvgIpc) is 2.46. The fourth-order valence-corrected chi connectivity index (χ4v) is 2.65. The number of methoxy groups -OCH3 is 1. The second-order valence-electron chi connectivity index (χ2n) is 5.13. The Morgan fingerprint density at radius 1 is 1.20 bits per heavy atom. The van der Waals surface area contributed by atoms with Crippen molar-refractivity contribution >= 4 is 11.6 Å². The van der Waals surface area contributed by atoms with E-state index in [1.54, 1.807) is 7.11 Å². The molecule has 0 spiro atoms. The molecule has 0 saturated heterocycles. The van der Waals surface area contributed by atoms with E-state index in [4.69, 9.17) is 25.8 Å². The van der Waals surface area contributed by atoms with E-state index in [2.05, 4.69) is 19.1 Å². The molecular weight excluding hydrogens is 276 g/mol. The lowest BCUT2D eigenvalue weighted by molar-refractivity contribution is -0.0797. The molecular formula is C16H23ClO3. The Labute approximate surface area is 126 Å². The first-order valence-electron chi connectivity index (χ1n) is 7.24. The van der Waals surface area contributed by atoms with E-state index >= 15 is 0 Å². The quantitative estimate of drug-likeness (QED) is 0.688. The van der Waals surface area contributed by atoms with Gasteiger partial charge >= 0.3 is 0 Å². The molecule has 0 radical (unpaired) electrons. The molecule has 1 fully saturated rings. The highest BCUT2D eigenvalue weighted by Gasteiger charge is 2.42. The Morgan fingerprint density at radius 2 is 1.95 bits per heavy atom. The van der Waals surface area contributed by atoms with E-state index in [-0.39, 0.29) is 17.6 Å². The van der Waals surface area contributed by atoms with Crippen LogP contribution in [0.5, 0.6) is 5.75 Å². The van der Waals surface area contributed by atoms with Crippen molar-refractivity contribution in [3.05, 3.63) is 29.8 Å². The van der Waals surface area contributed by atoms with Gasteiger partial charge in [0.25, 0.3) is 0 Å². The molecule has 0 bridgehead atoms. The lowest BCUT2D eigenvalue weighted by Gasteiger charge is -2.40. The van der Waals surface area contributed by atoms with E-state index in [1.165, 1.54) is 5.56 Å². The third kappa shape index (κ3) is 4.11. The minimum Gasteiger partial charge on any atom is -0.488 e. The van der Waals surface area contributed by atoms with Crippen molar-refractivity contribution in [1.29, 1.82) is 0 Å². The van der Waals surface area contributed by atoms with Crippen LogP contribution in [-0.4, -0.2) is 37.9 Å². The summed E-state index contributed by atoms with van der Waals surface area (Å²) in [6, 6.07) is 8.16. The SMILES string of the molecule is CCCOC1C(Cl)CC1Oc1ccc(CCOC)cc1. The summed E-state index contributed by atoms with van der Waals surface area (Å²) in [7, 11) is 1.72. The Kier molecular flexibility index (Phi) is 6.14. The summed E-state index contributed by atoms with van der Waals surface area (Å²) < 4.78 is 16.7. The predicted molar refractivity (Wildman–Crippen MR) is 80.7 cm³/mol. The van der Waals surface area contributed by atoms with Crippen molar-refractivity contribution in [2.45, 2.75) is 43.8 Å². The van der Waals surface area contributed by atoms with Crippen molar-refractivity contribution in [3.63, 3.8) is 0 Å². The van der Waals surface area contributed by atoms with Gasteiger partial charge in [0.2, 0.25) is 0 Å². The lowest BCUT2D eigenvalue weighted by atomic mass is 9.91. The molecule has 3 unspecified atom stereocenters. The van der Waals surface area contributed by atoms with Gasteiger partial charge in [-0.05, 0) is 30.5 Å². The molecule has 0 heterocycles. The highest BCUT2D eigenvalue weighted by atomic mass is 35.5. The molecule has 3 nitrogen and oxygen atoms in total. The van der Waals surface area contributed by atoms with E-state index in [0.29, 0.717) is 0 Å². The minimum absolute atomic E-state index is 0.0183. The molecule has 20 heavy (non-hydrogen) atoms. The molecule has 1 aromatic carbocycles. The van der Waals surface area contributed by atoms with Gasteiger partial charge in [-0.25, -0.2) is 0 Å². The Morgan fingerprint density at radius 3 is 2.55 bits per heavy atom. The maximum atomic E-state index is 6.18. The fourth-order valence-electron chi connectivity index (χ4n) is 2.24. The molecule has 1 aromatic rings. The average molecular weight is 299 g/mol. The number of alkyl halides is 1. The summed E-state index contributed by atoms with van der Waals surface area (Å²) in [6.45, 7) is 3.57. The minimum atomic E-state index is 0.0183. The van der Waals surface area contributed by atoms with E-state index in [1.807, 2.05) is 12.1 Å². The Balaban J connectivity index is 1.83. The zero-order valence-electron chi connectivity index (χ0n) is 12.2. The molecule has 0 aromatic heterocycles. The normalized spacial score (nSPS) is 25.2. The zero-order valence-corrected chi connectivity index (χ0v) is 12.9. The van der Waals surface area contributed by atoms with Crippen molar-refractivity contribution in [1.82, 2.24) is 0 Å². The lowest BCUT2D eigenvalue weighted by Crippen LogP contribution is -2.52. The summed E-state index contributed by atoms with van der Waals surface area (Å²) in [5.74, 6) is 0.879. The van der Waals surface area contributed by atoms with E-state index in [9.17, 15) is 0 Å². The topological polar surface area (TPSA) is 27.7 Å². The largest absolute Gasteiger partial charge is 0.488 e. The van der Waals surface area contributed by atoms with Crippen molar-refractivity contribution < 1.29 is 14.2 Å². The summed E-state index contributed by atoms with van der Waals surface area (Å²) >= 11 is 6.18. The molecule has 1 aliphatic carbocycles. The zero-order chi connectivity index (χ0) is 14.4. The highest BCUT2D eigenvalue weighted by molar-refractivity contribution is 6.21. The van der Waals surface area contributed by atoms with Gasteiger partial charge in [0.1, 0.15) is 18.0 Å². The van der Waals surface area contributed by atoms with Gasteiger partial charge in [-0.3, -0.25) is 0 Å². The van der Waals surface area contributed by atoms with Crippen LogP contribution in [0.4, 0.5) is 0 Å². The van der Waals surface area contributed by atoms with Gasteiger partial charge in [-0.15, -0.1) is 11.6 Å². The number of ether oxygens (including phenoxy) is 3. The summed E-state index contributed by atoms with van der Waals surface area (Å²) in [5.41, 5.74) is 1.25. The molecule has 0 N–H and O–H groups in total. The predicted octanol–water partition coefficient (Wildman–Crippen LogP) is 3.43. The van der Waals surface area contributed by atoms with Crippen LogP contribution in [0.2, 0.25) is 0 Å². The number of rotatable bonds is 8. The maximum absolute atomic E-state index is 6.18. The van der Waals surface area contributed by atoms with Crippen LogP contribution < -0.4 is 4.74 Å². The van der Waals surface area contributed by atoms with Crippen LogP contribution in [0.15, 0.2) is 24.3 Å². The second kappa shape index (κ2) is 7.87.